The van der Waals surface area contributed by atoms with Crippen LogP contribution in [0.15, 0.2) is 24.5 Å². The van der Waals surface area contributed by atoms with E-state index >= 15 is 0 Å². The van der Waals surface area contributed by atoms with Gasteiger partial charge in [0.25, 0.3) is 5.78 Å². The van der Waals surface area contributed by atoms with Crippen molar-refractivity contribution in [1.29, 1.82) is 0 Å². The number of nitrogens with zero attached hydrogens (tertiary/aromatic N) is 5. The van der Waals surface area contributed by atoms with Gasteiger partial charge in [-0.25, -0.2) is 9.50 Å². The molecule has 0 spiro atoms. The van der Waals surface area contributed by atoms with Crippen molar-refractivity contribution in [2.45, 2.75) is 45.6 Å². The van der Waals surface area contributed by atoms with Gasteiger partial charge in [0.05, 0.1) is 0 Å². The van der Waals surface area contributed by atoms with Crippen molar-refractivity contribution in [3.05, 3.63) is 51.5 Å². The second-order valence-electron chi connectivity index (χ2n) is 7.63. The van der Waals surface area contributed by atoms with Crippen molar-refractivity contribution in [3.63, 3.8) is 0 Å². The Bertz CT molecular complexity index is 1140. The summed E-state index contributed by atoms with van der Waals surface area (Å²) < 4.78 is 1.68. The molecule has 1 aromatic carbocycles. The van der Waals surface area contributed by atoms with Gasteiger partial charge < -0.3 is 10.2 Å². The fraction of sp³-hybridized carbons (Fsp3) is 0.381. The molecule has 1 unspecified atom stereocenters. The van der Waals surface area contributed by atoms with E-state index in [1.807, 2.05) is 13.8 Å². The Morgan fingerprint density at radius 3 is 2.68 bits per heavy atom. The smallest absolute Gasteiger partial charge is 0.252 e. The van der Waals surface area contributed by atoms with E-state index in [9.17, 15) is 9.59 Å². The number of halogens is 2. The molecule has 3 aromatic rings. The number of rotatable bonds is 5. The molecular weight excluding hydrogens is 439 g/mol. The third-order valence-electron chi connectivity index (χ3n) is 5.58. The highest BCUT2D eigenvalue weighted by molar-refractivity contribution is 6.35. The minimum atomic E-state index is -0.511. The fourth-order valence-electron chi connectivity index (χ4n) is 4.08. The number of carbonyl (C=O) groups excluding carboxylic acids is 2. The van der Waals surface area contributed by atoms with Gasteiger partial charge >= 0.3 is 0 Å². The van der Waals surface area contributed by atoms with Crippen LogP contribution in [0.5, 0.6) is 0 Å². The number of likely N-dealkylation sites (tertiary alicyclic amines) is 1. The molecule has 0 radical (unpaired) electrons. The van der Waals surface area contributed by atoms with E-state index in [-0.39, 0.29) is 18.2 Å². The van der Waals surface area contributed by atoms with E-state index in [1.165, 1.54) is 6.33 Å². The first-order valence-electron chi connectivity index (χ1n) is 10.1. The molecule has 31 heavy (non-hydrogen) atoms. The molecule has 0 aliphatic carbocycles. The lowest BCUT2D eigenvalue weighted by Crippen LogP contribution is -2.43. The van der Waals surface area contributed by atoms with Crippen LogP contribution in [-0.4, -0.2) is 48.9 Å². The lowest BCUT2D eigenvalue weighted by molar-refractivity contribution is -0.136. The first-order chi connectivity index (χ1) is 14.8. The van der Waals surface area contributed by atoms with Crippen LogP contribution in [0.2, 0.25) is 10.0 Å². The second kappa shape index (κ2) is 8.80. The number of aryl methyl sites for hydroxylation is 2. The van der Waals surface area contributed by atoms with Crippen LogP contribution in [0.4, 0.5) is 5.69 Å². The number of nitrogens with one attached hydrogen (secondary N) is 1. The number of anilines is 1. The predicted octanol–water partition coefficient (Wildman–Crippen LogP) is 3.61. The first kappa shape index (κ1) is 21.5. The summed E-state index contributed by atoms with van der Waals surface area (Å²) in [6, 6.07) is 4.35. The maximum atomic E-state index is 13.0. The van der Waals surface area contributed by atoms with Gasteiger partial charge in [0.1, 0.15) is 12.4 Å². The van der Waals surface area contributed by atoms with Crippen molar-refractivity contribution in [1.82, 2.24) is 24.5 Å². The average molecular weight is 461 g/mol. The standard InChI is InChI=1S/C21H22Cl2N6O2/c1-12-17(13(2)29-21(26-12)24-11-25-29)5-6-19(30)28-7-3-4-18(28)20(31)27-16-9-14(22)8-15(23)10-16/h8-11,18H,3-7H2,1-2H3,(H,27,31). The average Bonchev–Trinajstić information content (AvgIpc) is 3.36. The number of hydrogen-bond donors (Lipinski definition) is 1. The topological polar surface area (TPSA) is 92.5 Å². The zero-order chi connectivity index (χ0) is 22.1. The summed E-state index contributed by atoms with van der Waals surface area (Å²) >= 11 is 12.0. The van der Waals surface area contributed by atoms with Gasteiger partial charge in [-0.1, -0.05) is 23.2 Å². The van der Waals surface area contributed by atoms with Crippen LogP contribution >= 0.6 is 23.2 Å². The van der Waals surface area contributed by atoms with Gasteiger partial charge in [-0.15, -0.1) is 0 Å². The molecule has 1 atom stereocenters. The molecule has 3 heterocycles. The summed E-state index contributed by atoms with van der Waals surface area (Å²) in [7, 11) is 0. The van der Waals surface area contributed by atoms with Crippen LogP contribution in [0.3, 0.4) is 0 Å². The number of amides is 2. The highest BCUT2D eigenvalue weighted by Crippen LogP contribution is 2.25. The normalized spacial score (nSPS) is 16.1. The van der Waals surface area contributed by atoms with Crippen LogP contribution < -0.4 is 5.32 Å². The van der Waals surface area contributed by atoms with Gasteiger partial charge in [0, 0.05) is 40.1 Å². The van der Waals surface area contributed by atoms with Crippen molar-refractivity contribution < 1.29 is 9.59 Å². The second-order valence-corrected chi connectivity index (χ2v) is 8.50. The van der Waals surface area contributed by atoms with E-state index < -0.39 is 6.04 Å². The van der Waals surface area contributed by atoms with Gasteiger partial charge in [-0.2, -0.15) is 10.1 Å². The molecule has 1 aliphatic rings. The SMILES string of the molecule is Cc1nc2ncnn2c(C)c1CCC(=O)N1CCCC1C(=O)Nc1cc(Cl)cc(Cl)c1. The Balaban J connectivity index is 1.44. The van der Waals surface area contributed by atoms with Crippen molar-refractivity contribution in [2.75, 3.05) is 11.9 Å². The number of fused-ring (bicyclic) bond motifs is 1. The molecule has 162 valence electrons. The molecule has 0 bridgehead atoms. The Kier molecular flexibility index (Phi) is 6.11. The minimum absolute atomic E-state index is 0.0562. The lowest BCUT2D eigenvalue weighted by atomic mass is 10.1. The fourth-order valence-corrected chi connectivity index (χ4v) is 4.61. The largest absolute Gasteiger partial charge is 0.331 e. The minimum Gasteiger partial charge on any atom is -0.331 e. The Morgan fingerprint density at radius 2 is 1.94 bits per heavy atom. The van der Waals surface area contributed by atoms with Crippen molar-refractivity contribution in [3.8, 4) is 0 Å². The zero-order valence-corrected chi connectivity index (χ0v) is 18.7. The molecule has 1 saturated heterocycles. The van der Waals surface area contributed by atoms with Crippen LogP contribution in [0, 0.1) is 13.8 Å². The molecule has 2 amide bonds. The van der Waals surface area contributed by atoms with E-state index in [2.05, 4.69) is 20.4 Å². The first-order valence-corrected chi connectivity index (χ1v) is 10.8. The maximum absolute atomic E-state index is 13.0. The molecule has 0 saturated carbocycles. The summed E-state index contributed by atoms with van der Waals surface area (Å²) in [5, 5.41) is 7.89. The third kappa shape index (κ3) is 4.50. The monoisotopic (exact) mass is 460 g/mol. The summed E-state index contributed by atoms with van der Waals surface area (Å²) in [6.45, 7) is 4.41. The van der Waals surface area contributed by atoms with Crippen LogP contribution in [-0.2, 0) is 16.0 Å². The maximum Gasteiger partial charge on any atom is 0.252 e. The summed E-state index contributed by atoms with van der Waals surface area (Å²) in [6.07, 6.45) is 3.68. The van der Waals surface area contributed by atoms with Gasteiger partial charge in [-0.3, -0.25) is 9.59 Å². The molecule has 4 rings (SSSR count). The van der Waals surface area contributed by atoms with Gasteiger partial charge in [-0.05, 0) is 56.9 Å². The zero-order valence-electron chi connectivity index (χ0n) is 17.2. The van der Waals surface area contributed by atoms with Crippen LogP contribution in [0.25, 0.3) is 5.78 Å². The highest BCUT2D eigenvalue weighted by atomic mass is 35.5. The Morgan fingerprint density at radius 1 is 1.19 bits per heavy atom. The van der Waals surface area contributed by atoms with E-state index in [0.717, 1.165) is 23.4 Å². The molecule has 2 aromatic heterocycles. The lowest BCUT2D eigenvalue weighted by Gasteiger charge is -2.24. The summed E-state index contributed by atoms with van der Waals surface area (Å²) in [4.78, 5) is 36.0. The number of benzene rings is 1. The number of aromatic nitrogens is 4. The highest BCUT2D eigenvalue weighted by Gasteiger charge is 2.34. The molecule has 1 fully saturated rings. The van der Waals surface area contributed by atoms with Crippen molar-refractivity contribution in [2.24, 2.45) is 0 Å². The van der Waals surface area contributed by atoms with Crippen LogP contribution in [0.1, 0.15) is 36.2 Å². The van der Waals surface area contributed by atoms with E-state index in [0.29, 0.717) is 40.9 Å². The Hall–Kier alpha value is -2.71. The molecular formula is C21H22Cl2N6O2. The predicted molar refractivity (Wildman–Crippen MR) is 118 cm³/mol. The summed E-state index contributed by atoms with van der Waals surface area (Å²) in [5.41, 5.74) is 3.24. The molecule has 1 aliphatic heterocycles. The van der Waals surface area contributed by atoms with Crippen molar-refractivity contribution >= 4 is 46.5 Å². The number of carbonyl (C=O) groups is 2. The third-order valence-corrected chi connectivity index (χ3v) is 6.02. The molecule has 8 nitrogen and oxygen atoms in total. The number of hydrogen-bond acceptors (Lipinski definition) is 5. The van der Waals surface area contributed by atoms with E-state index in [4.69, 9.17) is 23.2 Å². The molecule has 10 heteroatoms. The van der Waals surface area contributed by atoms with Gasteiger partial charge in [0.15, 0.2) is 0 Å². The Labute approximate surface area is 189 Å². The summed E-state index contributed by atoms with van der Waals surface area (Å²) in [5.74, 6) is 0.254. The quantitative estimate of drug-likeness (QED) is 0.627. The van der Waals surface area contributed by atoms with E-state index in [1.54, 1.807) is 27.6 Å². The van der Waals surface area contributed by atoms with Gasteiger partial charge in [0.2, 0.25) is 11.8 Å². The molecule has 1 N–H and O–H groups in total.